The van der Waals surface area contributed by atoms with Crippen LogP contribution in [0.1, 0.15) is 6.42 Å². The lowest BCUT2D eigenvalue weighted by Crippen LogP contribution is -2.18. The smallest absolute Gasteiger partial charge is 0.332 e. The third-order valence-electron chi connectivity index (χ3n) is 1.61. The van der Waals surface area contributed by atoms with Gasteiger partial charge in [0.25, 0.3) is 10.1 Å². The molecule has 1 aliphatic rings. The zero-order valence-electron chi connectivity index (χ0n) is 6.80. The highest BCUT2D eigenvalue weighted by atomic mass is 32.2. The second-order valence-electron chi connectivity index (χ2n) is 2.60. The van der Waals surface area contributed by atoms with Gasteiger partial charge in [-0.15, -0.1) is 0 Å². The number of carboxylic acids is 1. The molecule has 0 fully saturated rings. The van der Waals surface area contributed by atoms with Crippen molar-refractivity contribution in [2.75, 3.05) is 0 Å². The van der Waals surface area contributed by atoms with Gasteiger partial charge in [0, 0.05) is 12.0 Å². The van der Waals surface area contributed by atoms with Gasteiger partial charge in [-0.25, -0.2) is 4.79 Å². The highest BCUT2D eigenvalue weighted by Crippen LogP contribution is 2.18. The summed E-state index contributed by atoms with van der Waals surface area (Å²) < 4.78 is 29.7. The summed E-state index contributed by atoms with van der Waals surface area (Å²) in [7, 11) is -4.55. The number of carboxylic acid groups (broad SMARTS) is 1. The van der Waals surface area contributed by atoms with Gasteiger partial charge < -0.3 is 5.11 Å². The number of ketones is 1. The molecular weight excluding hydrogens is 212 g/mol. The normalized spacial score (nSPS) is 17.4. The molecule has 0 unspecified atom stereocenters. The largest absolute Gasteiger partial charge is 0.478 e. The van der Waals surface area contributed by atoms with Crippen LogP contribution in [-0.4, -0.2) is 29.8 Å². The maximum Gasteiger partial charge on any atom is 0.332 e. The predicted octanol–water partition coefficient (Wildman–Crippen LogP) is -0.258. The number of carbonyl (C=O) groups excluding carboxylic acids is 1. The lowest BCUT2D eigenvalue weighted by Gasteiger charge is -2.07. The van der Waals surface area contributed by atoms with Gasteiger partial charge in [-0.2, -0.15) is 8.42 Å². The highest BCUT2D eigenvalue weighted by Gasteiger charge is 2.27. The predicted molar refractivity (Wildman–Crippen MR) is 45.0 cm³/mol. The number of rotatable bonds is 2. The first-order valence-electron chi connectivity index (χ1n) is 3.47. The fourth-order valence-corrected chi connectivity index (χ4v) is 1.56. The molecule has 76 valence electrons. The van der Waals surface area contributed by atoms with Gasteiger partial charge in [-0.3, -0.25) is 9.35 Å². The fraction of sp³-hybridized carbons (Fsp3) is 0.143. The summed E-state index contributed by atoms with van der Waals surface area (Å²) in [6, 6.07) is 0. The van der Waals surface area contributed by atoms with Crippen LogP contribution in [0.2, 0.25) is 0 Å². The lowest BCUT2D eigenvalue weighted by atomic mass is 10.0. The van der Waals surface area contributed by atoms with Crippen molar-refractivity contribution in [2.24, 2.45) is 0 Å². The van der Waals surface area contributed by atoms with E-state index in [9.17, 15) is 18.0 Å². The molecule has 0 heterocycles. The molecule has 0 saturated heterocycles. The molecule has 0 aromatic heterocycles. The summed E-state index contributed by atoms with van der Waals surface area (Å²) in [5.74, 6) is -2.21. The van der Waals surface area contributed by atoms with Crippen LogP contribution >= 0.6 is 0 Å². The van der Waals surface area contributed by atoms with Crippen molar-refractivity contribution < 1.29 is 27.7 Å². The third-order valence-corrected chi connectivity index (χ3v) is 2.53. The van der Waals surface area contributed by atoms with E-state index in [1.165, 1.54) is 0 Å². The first kappa shape index (κ1) is 10.6. The molecule has 0 saturated carbocycles. The summed E-state index contributed by atoms with van der Waals surface area (Å²) in [6.45, 7) is 0. The zero-order valence-corrected chi connectivity index (χ0v) is 7.61. The van der Waals surface area contributed by atoms with Crippen LogP contribution in [0.5, 0.6) is 0 Å². The Bertz CT molecular complexity index is 453. The first-order chi connectivity index (χ1) is 6.32. The maximum absolute atomic E-state index is 11.0. The molecular formula is C7H6O6S. The van der Waals surface area contributed by atoms with Gasteiger partial charge in [0.15, 0.2) is 5.78 Å². The summed E-state index contributed by atoms with van der Waals surface area (Å²) in [6.07, 6.45) is 1.23. The highest BCUT2D eigenvalue weighted by molar-refractivity contribution is 7.90. The van der Waals surface area contributed by atoms with E-state index in [0.29, 0.717) is 0 Å². The molecule has 2 N–H and O–H groups in total. The molecule has 7 heteroatoms. The molecule has 0 aliphatic heterocycles. The van der Waals surface area contributed by atoms with Crippen LogP contribution in [0.25, 0.3) is 0 Å². The summed E-state index contributed by atoms with van der Waals surface area (Å²) in [5, 5.41) is 8.48. The minimum absolute atomic E-state index is 0.206. The van der Waals surface area contributed by atoms with Crippen molar-refractivity contribution in [3.8, 4) is 0 Å². The molecule has 14 heavy (non-hydrogen) atoms. The van der Waals surface area contributed by atoms with Crippen LogP contribution in [-0.2, 0) is 19.7 Å². The number of aliphatic carboxylic acids is 1. The molecule has 0 spiro atoms. The minimum Gasteiger partial charge on any atom is -0.478 e. The van der Waals surface area contributed by atoms with Crippen molar-refractivity contribution in [1.29, 1.82) is 0 Å². The Morgan fingerprint density at radius 2 is 1.93 bits per heavy atom. The quantitative estimate of drug-likeness (QED) is 0.618. The molecule has 0 aromatic rings. The summed E-state index contributed by atoms with van der Waals surface area (Å²) in [5.41, 5.74) is -0.206. The van der Waals surface area contributed by atoms with E-state index in [-0.39, 0.29) is 5.57 Å². The first-order valence-corrected chi connectivity index (χ1v) is 4.91. The van der Waals surface area contributed by atoms with Gasteiger partial charge in [-0.1, -0.05) is 0 Å². The van der Waals surface area contributed by atoms with E-state index in [1.807, 2.05) is 0 Å². The summed E-state index contributed by atoms with van der Waals surface area (Å²) >= 11 is 0. The lowest BCUT2D eigenvalue weighted by molar-refractivity contribution is -0.133. The molecule has 6 nitrogen and oxygen atoms in total. The number of carbonyl (C=O) groups is 2. The van der Waals surface area contributed by atoms with Crippen molar-refractivity contribution in [1.82, 2.24) is 0 Å². The van der Waals surface area contributed by atoms with Crippen molar-refractivity contribution in [2.45, 2.75) is 6.42 Å². The van der Waals surface area contributed by atoms with Crippen LogP contribution in [0.4, 0.5) is 0 Å². The van der Waals surface area contributed by atoms with E-state index in [4.69, 9.17) is 9.66 Å². The van der Waals surface area contributed by atoms with Crippen LogP contribution in [0.15, 0.2) is 22.6 Å². The van der Waals surface area contributed by atoms with Gasteiger partial charge in [0.1, 0.15) is 4.91 Å². The van der Waals surface area contributed by atoms with E-state index in [0.717, 1.165) is 12.2 Å². The molecule has 0 aromatic carbocycles. The number of allylic oxidation sites excluding steroid dienone is 3. The van der Waals surface area contributed by atoms with Crippen LogP contribution in [0.3, 0.4) is 0 Å². The van der Waals surface area contributed by atoms with E-state index < -0.39 is 33.2 Å². The standard InChI is InChI=1S/C7H6O6S/c8-5-3-4(7(9)10)1-2-6(5)14(11,12)13/h1-2H,3H2,(H,9,10)(H,11,12,13). The van der Waals surface area contributed by atoms with E-state index >= 15 is 0 Å². The molecule has 1 aliphatic carbocycles. The summed E-state index contributed by atoms with van der Waals surface area (Å²) in [4.78, 5) is 20.7. The second-order valence-corrected chi connectivity index (χ2v) is 3.99. The fourth-order valence-electron chi connectivity index (χ4n) is 0.965. The van der Waals surface area contributed by atoms with Gasteiger partial charge in [-0.05, 0) is 12.2 Å². The van der Waals surface area contributed by atoms with E-state index in [2.05, 4.69) is 0 Å². The monoisotopic (exact) mass is 218 g/mol. The molecule has 0 amide bonds. The third kappa shape index (κ3) is 2.06. The average Bonchev–Trinajstić information content (AvgIpc) is 2.01. The molecule has 0 radical (unpaired) electrons. The number of hydrogen-bond donors (Lipinski definition) is 2. The van der Waals surface area contributed by atoms with Gasteiger partial charge in [0.05, 0.1) is 0 Å². The molecule has 1 rings (SSSR count). The number of hydrogen-bond acceptors (Lipinski definition) is 4. The zero-order chi connectivity index (χ0) is 10.9. The maximum atomic E-state index is 11.0. The Morgan fingerprint density at radius 1 is 1.36 bits per heavy atom. The molecule has 0 bridgehead atoms. The Hall–Kier alpha value is -1.47. The van der Waals surface area contributed by atoms with Crippen LogP contribution in [0, 0.1) is 0 Å². The second kappa shape index (κ2) is 3.35. The van der Waals surface area contributed by atoms with Crippen molar-refractivity contribution in [3.05, 3.63) is 22.6 Å². The minimum atomic E-state index is -4.55. The number of Topliss-reactive ketones (excluding diaryl/α,β-unsaturated/α-hetero) is 1. The SMILES string of the molecule is O=C(O)C1=CC=C(S(=O)(=O)O)C(=O)C1. The van der Waals surface area contributed by atoms with Crippen molar-refractivity contribution in [3.63, 3.8) is 0 Å². The van der Waals surface area contributed by atoms with E-state index in [1.54, 1.807) is 0 Å². The van der Waals surface area contributed by atoms with Crippen molar-refractivity contribution >= 4 is 21.9 Å². The Balaban J connectivity index is 3.16. The van der Waals surface area contributed by atoms with Gasteiger partial charge >= 0.3 is 5.97 Å². The Morgan fingerprint density at radius 3 is 2.29 bits per heavy atom. The Labute approximate surface area is 79.3 Å². The Kier molecular flexibility index (Phi) is 2.54. The van der Waals surface area contributed by atoms with Crippen LogP contribution < -0.4 is 0 Å². The average molecular weight is 218 g/mol. The molecule has 0 atom stereocenters. The van der Waals surface area contributed by atoms with Gasteiger partial charge in [0.2, 0.25) is 0 Å². The topological polar surface area (TPSA) is 109 Å².